The lowest BCUT2D eigenvalue weighted by Crippen LogP contribution is -2.42. The number of benzene rings is 3. The number of rotatable bonds is 8. The second kappa shape index (κ2) is 10.5. The van der Waals surface area contributed by atoms with Gasteiger partial charge in [0.2, 0.25) is 5.91 Å². The van der Waals surface area contributed by atoms with Gasteiger partial charge in [0.15, 0.2) is 0 Å². The molecule has 0 aliphatic rings. The first-order valence-corrected chi connectivity index (χ1v) is 12.2. The van der Waals surface area contributed by atoms with Crippen LogP contribution in [0.1, 0.15) is 16.5 Å². The van der Waals surface area contributed by atoms with Crippen molar-refractivity contribution in [3.8, 4) is 0 Å². The number of para-hydroxylation sites is 1. The van der Waals surface area contributed by atoms with E-state index in [0.717, 1.165) is 10.4 Å². The Bertz CT molecular complexity index is 1470. The molecular formula is C27H22FN5O2S. The number of anilines is 1. The summed E-state index contributed by atoms with van der Waals surface area (Å²) in [7, 11) is 0. The molecule has 3 aromatic carbocycles. The van der Waals surface area contributed by atoms with Gasteiger partial charge in [-0.1, -0.05) is 53.7 Å². The highest BCUT2D eigenvalue weighted by Crippen LogP contribution is 2.27. The first-order chi connectivity index (χ1) is 17.6. The maximum atomic E-state index is 13.8. The normalized spacial score (nSPS) is 11.8. The van der Waals surface area contributed by atoms with Crippen LogP contribution in [0.5, 0.6) is 0 Å². The molecule has 180 valence electrons. The van der Waals surface area contributed by atoms with E-state index in [4.69, 9.17) is 0 Å². The number of carbonyl (C=O) groups is 2. The lowest BCUT2D eigenvalue weighted by molar-refractivity contribution is -0.140. The van der Waals surface area contributed by atoms with Crippen molar-refractivity contribution in [3.05, 3.63) is 113 Å². The fourth-order valence-corrected chi connectivity index (χ4v) is 4.70. The van der Waals surface area contributed by atoms with Crippen LogP contribution in [0.2, 0.25) is 0 Å². The Kier molecular flexibility index (Phi) is 6.81. The summed E-state index contributed by atoms with van der Waals surface area (Å²) in [6.45, 7) is 0.151. The molecule has 0 saturated carbocycles. The van der Waals surface area contributed by atoms with Gasteiger partial charge in [0.25, 0.3) is 5.91 Å². The average molecular weight is 500 g/mol. The van der Waals surface area contributed by atoms with Crippen molar-refractivity contribution in [1.29, 1.82) is 0 Å². The monoisotopic (exact) mass is 499 g/mol. The molecule has 2 amide bonds. The van der Waals surface area contributed by atoms with Gasteiger partial charge in [0, 0.05) is 10.6 Å². The number of carbonyl (C=O) groups excluding carboxylic acids is 2. The number of amides is 2. The van der Waals surface area contributed by atoms with Gasteiger partial charge in [0.05, 0.1) is 12.1 Å². The Morgan fingerprint density at radius 3 is 2.44 bits per heavy atom. The van der Waals surface area contributed by atoms with E-state index in [9.17, 15) is 14.0 Å². The minimum atomic E-state index is -0.930. The van der Waals surface area contributed by atoms with Crippen LogP contribution >= 0.6 is 11.3 Å². The molecule has 0 aliphatic carbocycles. The standard InChI is InChI=1S/C27H22FN5O2S/c28-20-12-14-21(15-13-20)29-27(35)26(19-7-2-1-3-8-19)32(17-22-9-6-16-36-22)25(34)18-33-24-11-5-4-10-23(24)30-31-33/h1-16,26H,17-18H2,(H,29,35)/t26-/m1/s1. The van der Waals surface area contributed by atoms with Crippen LogP contribution < -0.4 is 5.32 Å². The number of hydrogen-bond acceptors (Lipinski definition) is 5. The first-order valence-electron chi connectivity index (χ1n) is 11.3. The molecule has 0 saturated heterocycles. The summed E-state index contributed by atoms with van der Waals surface area (Å²) in [5.41, 5.74) is 2.51. The van der Waals surface area contributed by atoms with E-state index in [0.29, 0.717) is 16.8 Å². The summed E-state index contributed by atoms with van der Waals surface area (Å²) < 4.78 is 14.9. The van der Waals surface area contributed by atoms with Crippen LogP contribution in [0.15, 0.2) is 96.4 Å². The second-order valence-electron chi connectivity index (χ2n) is 8.15. The van der Waals surface area contributed by atoms with E-state index in [1.165, 1.54) is 35.6 Å². The number of hydrogen-bond donors (Lipinski definition) is 1. The van der Waals surface area contributed by atoms with Gasteiger partial charge in [-0.3, -0.25) is 9.59 Å². The Morgan fingerprint density at radius 2 is 1.69 bits per heavy atom. The van der Waals surface area contributed by atoms with Crippen molar-refractivity contribution in [3.63, 3.8) is 0 Å². The highest BCUT2D eigenvalue weighted by Gasteiger charge is 2.32. The topological polar surface area (TPSA) is 80.1 Å². The molecular weight excluding hydrogens is 477 g/mol. The summed E-state index contributed by atoms with van der Waals surface area (Å²) in [4.78, 5) is 30.0. The molecule has 5 aromatic rings. The number of aromatic nitrogens is 3. The molecule has 2 heterocycles. The van der Waals surface area contributed by atoms with Crippen molar-refractivity contribution < 1.29 is 14.0 Å². The van der Waals surface area contributed by atoms with Gasteiger partial charge >= 0.3 is 0 Å². The third-order valence-electron chi connectivity index (χ3n) is 5.72. The van der Waals surface area contributed by atoms with Crippen LogP contribution in [-0.4, -0.2) is 31.7 Å². The maximum absolute atomic E-state index is 13.8. The van der Waals surface area contributed by atoms with E-state index < -0.39 is 17.8 Å². The summed E-state index contributed by atoms with van der Waals surface area (Å²) >= 11 is 1.51. The highest BCUT2D eigenvalue weighted by molar-refractivity contribution is 7.09. The lowest BCUT2D eigenvalue weighted by Gasteiger charge is -2.31. The van der Waals surface area contributed by atoms with Gasteiger partial charge in [-0.15, -0.1) is 16.4 Å². The fraction of sp³-hybridized carbons (Fsp3) is 0.111. The van der Waals surface area contributed by atoms with Crippen LogP contribution in [0.4, 0.5) is 10.1 Å². The van der Waals surface area contributed by atoms with Gasteiger partial charge in [0.1, 0.15) is 23.9 Å². The van der Waals surface area contributed by atoms with Gasteiger partial charge in [-0.2, -0.15) is 0 Å². The van der Waals surface area contributed by atoms with Crippen LogP contribution in [0, 0.1) is 5.82 Å². The number of halogens is 1. The van der Waals surface area contributed by atoms with Crippen LogP contribution in [-0.2, 0) is 22.7 Å². The zero-order valence-corrected chi connectivity index (χ0v) is 19.9. The molecule has 0 bridgehead atoms. The number of nitrogens with zero attached hydrogens (tertiary/aromatic N) is 4. The van der Waals surface area contributed by atoms with E-state index in [1.807, 2.05) is 72.1 Å². The molecule has 36 heavy (non-hydrogen) atoms. The highest BCUT2D eigenvalue weighted by atomic mass is 32.1. The minimum Gasteiger partial charge on any atom is -0.324 e. The van der Waals surface area contributed by atoms with Crippen LogP contribution in [0.3, 0.4) is 0 Å². The molecule has 0 spiro atoms. The predicted octanol–water partition coefficient (Wildman–Crippen LogP) is 5.04. The number of thiophene rings is 1. The minimum absolute atomic E-state index is 0.0843. The fourth-order valence-electron chi connectivity index (χ4n) is 4.00. The van der Waals surface area contributed by atoms with Crippen molar-refractivity contribution in [2.45, 2.75) is 19.1 Å². The van der Waals surface area contributed by atoms with Crippen molar-refractivity contribution >= 4 is 39.9 Å². The van der Waals surface area contributed by atoms with E-state index in [-0.39, 0.29) is 19.0 Å². The molecule has 0 aliphatic heterocycles. The Morgan fingerprint density at radius 1 is 0.944 bits per heavy atom. The van der Waals surface area contributed by atoms with E-state index in [1.54, 1.807) is 9.58 Å². The molecule has 2 aromatic heterocycles. The Hall–Kier alpha value is -4.37. The Balaban J connectivity index is 1.51. The molecule has 0 fully saturated rings. The third kappa shape index (κ3) is 5.16. The molecule has 1 N–H and O–H groups in total. The zero-order valence-electron chi connectivity index (χ0n) is 19.1. The molecule has 5 rings (SSSR count). The van der Waals surface area contributed by atoms with Crippen LogP contribution in [0.25, 0.3) is 11.0 Å². The summed E-state index contributed by atoms with van der Waals surface area (Å²) in [6.07, 6.45) is 0. The zero-order chi connectivity index (χ0) is 24.9. The van der Waals surface area contributed by atoms with E-state index >= 15 is 0 Å². The number of fused-ring (bicyclic) bond motifs is 1. The smallest absolute Gasteiger partial charge is 0.251 e. The van der Waals surface area contributed by atoms with Crippen molar-refractivity contribution in [2.75, 3.05) is 5.32 Å². The predicted molar refractivity (Wildman–Crippen MR) is 137 cm³/mol. The van der Waals surface area contributed by atoms with Gasteiger partial charge in [-0.25, -0.2) is 9.07 Å². The molecule has 7 nitrogen and oxygen atoms in total. The second-order valence-corrected chi connectivity index (χ2v) is 9.18. The summed E-state index contributed by atoms with van der Waals surface area (Å²) in [5.74, 6) is -1.09. The van der Waals surface area contributed by atoms with E-state index in [2.05, 4.69) is 15.6 Å². The molecule has 0 radical (unpaired) electrons. The molecule has 1 atom stereocenters. The van der Waals surface area contributed by atoms with Crippen molar-refractivity contribution in [1.82, 2.24) is 19.9 Å². The lowest BCUT2D eigenvalue weighted by atomic mass is 10.0. The Labute approximate surface area is 210 Å². The third-order valence-corrected chi connectivity index (χ3v) is 6.58. The van der Waals surface area contributed by atoms with Gasteiger partial charge < -0.3 is 10.2 Å². The first kappa shape index (κ1) is 23.4. The molecule has 9 heteroatoms. The largest absolute Gasteiger partial charge is 0.324 e. The van der Waals surface area contributed by atoms with Gasteiger partial charge in [-0.05, 0) is 53.4 Å². The summed E-state index contributed by atoms with van der Waals surface area (Å²) in [6, 6.07) is 25.0. The SMILES string of the molecule is O=C(Nc1ccc(F)cc1)[C@@H](c1ccccc1)N(Cc1cccs1)C(=O)Cn1nnc2ccccc21. The maximum Gasteiger partial charge on any atom is 0.251 e. The molecule has 0 unspecified atom stereocenters. The van der Waals surface area contributed by atoms with Crippen molar-refractivity contribution in [2.24, 2.45) is 0 Å². The summed E-state index contributed by atoms with van der Waals surface area (Å²) in [5, 5.41) is 13.1. The quantitative estimate of drug-likeness (QED) is 0.324. The average Bonchev–Trinajstić information content (AvgIpc) is 3.56. The number of nitrogens with one attached hydrogen (secondary N) is 1.